The van der Waals surface area contributed by atoms with E-state index in [0.717, 1.165) is 17.9 Å². The molecule has 5 heteroatoms. The minimum Gasteiger partial charge on any atom is -0.507 e. The lowest BCUT2D eigenvalue weighted by molar-refractivity contribution is 0.0740. The first kappa shape index (κ1) is 12.2. The van der Waals surface area contributed by atoms with Crippen molar-refractivity contribution < 1.29 is 14.3 Å². The molecule has 0 aromatic heterocycles. The van der Waals surface area contributed by atoms with Crippen molar-refractivity contribution in [1.29, 1.82) is 0 Å². The van der Waals surface area contributed by atoms with Crippen molar-refractivity contribution in [2.45, 2.75) is 12.5 Å². The Bertz CT molecular complexity index is 412. The van der Waals surface area contributed by atoms with Crippen molar-refractivity contribution in [2.75, 3.05) is 18.6 Å². The molecule has 2 rings (SSSR count). The van der Waals surface area contributed by atoms with Crippen LogP contribution in [0.2, 0.25) is 0 Å². The molecule has 92 valence electrons. The smallest absolute Gasteiger partial charge is 0.260 e. The van der Waals surface area contributed by atoms with Crippen LogP contribution < -0.4 is 0 Å². The zero-order chi connectivity index (χ0) is 12.4. The highest BCUT2D eigenvalue weighted by Crippen LogP contribution is 2.26. The van der Waals surface area contributed by atoms with Crippen LogP contribution in [0.15, 0.2) is 18.2 Å². The van der Waals surface area contributed by atoms with Gasteiger partial charge in [0.15, 0.2) is 0 Å². The van der Waals surface area contributed by atoms with E-state index in [2.05, 4.69) is 0 Å². The first-order valence-electron chi connectivity index (χ1n) is 5.43. The standard InChI is InChI=1S/C12H14FNO2S/c1-14(8-5-6-17-7-8)12(16)11-9(13)3-2-4-10(11)15/h2-4,8,15H,5-7H2,1H3. The Morgan fingerprint density at radius 2 is 2.35 bits per heavy atom. The summed E-state index contributed by atoms with van der Waals surface area (Å²) in [5.41, 5.74) is -0.230. The quantitative estimate of drug-likeness (QED) is 0.880. The van der Waals surface area contributed by atoms with Crippen molar-refractivity contribution in [1.82, 2.24) is 4.90 Å². The maximum absolute atomic E-state index is 13.5. The van der Waals surface area contributed by atoms with Gasteiger partial charge in [-0.1, -0.05) is 6.07 Å². The third kappa shape index (κ3) is 2.39. The van der Waals surface area contributed by atoms with Gasteiger partial charge in [0.2, 0.25) is 0 Å². The van der Waals surface area contributed by atoms with Gasteiger partial charge < -0.3 is 10.0 Å². The van der Waals surface area contributed by atoms with E-state index in [0.29, 0.717) is 0 Å². The number of halogens is 1. The predicted molar refractivity (Wildman–Crippen MR) is 65.9 cm³/mol. The van der Waals surface area contributed by atoms with Crippen LogP contribution in [0.4, 0.5) is 4.39 Å². The Kier molecular flexibility index (Phi) is 3.57. The molecule has 1 saturated heterocycles. The fourth-order valence-corrected chi connectivity index (χ4v) is 3.16. The van der Waals surface area contributed by atoms with Crippen LogP contribution in [0, 0.1) is 5.82 Å². The van der Waals surface area contributed by atoms with Gasteiger partial charge in [0.1, 0.15) is 17.1 Å². The van der Waals surface area contributed by atoms with Crippen LogP contribution >= 0.6 is 11.8 Å². The fourth-order valence-electron chi connectivity index (χ4n) is 1.89. The summed E-state index contributed by atoms with van der Waals surface area (Å²) >= 11 is 1.78. The second-order valence-electron chi connectivity index (χ2n) is 4.07. The first-order chi connectivity index (χ1) is 8.11. The Balaban J connectivity index is 2.24. The molecular formula is C12H14FNO2S. The average Bonchev–Trinajstić information content (AvgIpc) is 2.81. The summed E-state index contributed by atoms with van der Waals surface area (Å²) in [5, 5.41) is 9.56. The predicted octanol–water partition coefficient (Wildman–Crippen LogP) is 2.11. The highest BCUT2D eigenvalue weighted by atomic mass is 32.2. The van der Waals surface area contributed by atoms with E-state index in [1.807, 2.05) is 0 Å². The zero-order valence-corrected chi connectivity index (χ0v) is 10.3. The summed E-state index contributed by atoms with van der Waals surface area (Å²) < 4.78 is 13.5. The molecule has 1 atom stereocenters. The van der Waals surface area contributed by atoms with Crippen LogP contribution in [0.5, 0.6) is 5.75 Å². The number of phenols is 1. The van der Waals surface area contributed by atoms with Gasteiger partial charge in [-0.05, 0) is 24.3 Å². The normalized spacial score (nSPS) is 19.3. The molecule has 0 bridgehead atoms. The molecule has 1 aromatic carbocycles. The lowest BCUT2D eigenvalue weighted by Crippen LogP contribution is -2.37. The van der Waals surface area contributed by atoms with Crippen molar-refractivity contribution in [3.8, 4) is 5.75 Å². The minimum absolute atomic E-state index is 0.131. The van der Waals surface area contributed by atoms with Crippen molar-refractivity contribution in [3.63, 3.8) is 0 Å². The van der Waals surface area contributed by atoms with Crippen molar-refractivity contribution in [2.24, 2.45) is 0 Å². The summed E-state index contributed by atoms with van der Waals surface area (Å²) in [6, 6.07) is 4.02. The number of carbonyl (C=O) groups excluding carboxylic acids is 1. The molecule has 1 aliphatic heterocycles. The highest BCUT2D eigenvalue weighted by Gasteiger charge is 2.27. The molecule has 1 amide bonds. The summed E-state index contributed by atoms with van der Waals surface area (Å²) in [5.74, 6) is 0.469. The number of nitrogens with zero attached hydrogens (tertiary/aromatic N) is 1. The molecule has 17 heavy (non-hydrogen) atoms. The van der Waals surface area contributed by atoms with Crippen molar-refractivity contribution >= 4 is 17.7 Å². The second-order valence-corrected chi connectivity index (χ2v) is 5.22. The molecule has 3 nitrogen and oxygen atoms in total. The van der Waals surface area contributed by atoms with E-state index in [-0.39, 0.29) is 17.4 Å². The largest absolute Gasteiger partial charge is 0.507 e. The first-order valence-corrected chi connectivity index (χ1v) is 6.59. The number of aromatic hydroxyl groups is 1. The van der Waals surface area contributed by atoms with Gasteiger partial charge >= 0.3 is 0 Å². The number of phenolic OH excluding ortho intramolecular Hbond substituents is 1. The van der Waals surface area contributed by atoms with Gasteiger partial charge in [-0.3, -0.25) is 4.79 Å². The summed E-state index contributed by atoms with van der Waals surface area (Å²) in [6.07, 6.45) is 0.919. The SMILES string of the molecule is CN(C(=O)c1c(O)cccc1F)C1CCSC1. The highest BCUT2D eigenvalue weighted by molar-refractivity contribution is 7.99. The van der Waals surface area contributed by atoms with E-state index >= 15 is 0 Å². The molecule has 1 aliphatic rings. The van der Waals surface area contributed by atoms with Crippen LogP contribution in [0.3, 0.4) is 0 Å². The van der Waals surface area contributed by atoms with Gasteiger partial charge in [0.05, 0.1) is 0 Å². The molecule has 1 aromatic rings. The molecule has 1 unspecified atom stereocenters. The number of benzene rings is 1. The second kappa shape index (κ2) is 4.96. The number of hydrogen-bond donors (Lipinski definition) is 1. The Hall–Kier alpha value is -1.23. The van der Waals surface area contributed by atoms with Crippen LogP contribution in [0.1, 0.15) is 16.8 Å². The summed E-state index contributed by atoms with van der Waals surface area (Å²) in [7, 11) is 1.66. The van der Waals surface area contributed by atoms with E-state index < -0.39 is 11.7 Å². The lowest BCUT2D eigenvalue weighted by atomic mass is 10.1. The van der Waals surface area contributed by atoms with E-state index in [4.69, 9.17) is 0 Å². The van der Waals surface area contributed by atoms with E-state index in [9.17, 15) is 14.3 Å². The maximum Gasteiger partial charge on any atom is 0.260 e. The zero-order valence-electron chi connectivity index (χ0n) is 9.52. The monoisotopic (exact) mass is 255 g/mol. The minimum atomic E-state index is -0.674. The Labute approximate surface area is 104 Å². The number of carbonyl (C=O) groups is 1. The summed E-state index contributed by atoms with van der Waals surface area (Å²) in [6.45, 7) is 0. The Morgan fingerprint density at radius 1 is 1.59 bits per heavy atom. The van der Waals surface area contributed by atoms with Crippen LogP contribution in [0.25, 0.3) is 0 Å². The third-order valence-electron chi connectivity index (χ3n) is 2.98. The van der Waals surface area contributed by atoms with Gasteiger partial charge in [-0.15, -0.1) is 0 Å². The van der Waals surface area contributed by atoms with Gasteiger partial charge in [0.25, 0.3) is 5.91 Å². The Morgan fingerprint density at radius 3 is 2.94 bits per heavy atom. The molecule has 0 saturated carbocycles. The molecule has 0 spiro atoms. The van der Waals surface area contributed by atoms with E-state index in [1.165, 1.54) is 23.1 Å². The fraction of sp³-hybridized carbons (Fsp3) is 0.417. The molecule has 0 radical (unpaired) electrons. The number of rotatable bonds is 2. The van der Waals surface area contributed by atoms with Crippen LogP contribution in [-0.4, -0.2) is 40.5 Å². The third-order valence-corrected chi connectivity index (χ3v) is 4.12. The molecule has 1 heterocycles. The van der Waals surface area contributed by atoms with Crippen LogP contribution in [-0.2, 0) is 0 Å². The van der Waals surface area contributed by atoms with Gasteiger partial charge in [-0.25, -0.2) is 4.39 Å². The molecule has 1 fully saturated rings. The average molecular weight is 255 g/mol. The van der Waals surface area contributed by atoms with Gasteiger partial charge in [-0.2, -0.15) is 11.8 Å². The number of amides is 1. The molecule has 1 N–H and O–H groups in total. The number of thioether (sulfide) groups is 1. The molecule has 0 aliphatic carbocycles. The molecular weight excluding hydrogens is 241 g/mol. The maximum atomic E-state index is 13.5. The van der Waals surface area contributed by atoms with Gasteiger partial charge in [0, 0.05) is 18.8 Å². The topological polar surface area (TPSA) is 40.5 Å². The number of hydrogen-bond acceptors (Lipinski definition) is 3. The summed E-state index contributed by atoms with van der Waals surface area (Å²) in [4.78, 5) is 13.6. The van der Waals surface area contributed by atoms with Crippen molar-refractivity contribution in [3.05, 3.63) is 29.6 Å². The van der Waals surface area contributed by atoms with E-state index in [1.54, 1.807) is 18.8 Å². The lowest BCUT2D eigenvalue weighted by Gasteiger charge is -2.24.